The topological polar surface area (TPSA) is 101 Å². The summed E-state index contributed by atoms with van der Waals surface area (Å²) in [7, 11) is -3.49. The molecule has 7 heteroatoms. The lowest BCUT2D eigenvalue weighted by atomic mass is 10.1. The number of sulfone groups is 1. The Balaban J connectivity index is 4.61. The molecule has 0 aromatic carbocycles. The van der Waals surface area contributed by atoms with E-state index in [1.165, 1.54) is 0 Å². The Bertz CT molecular complexity index is 390. The van der Waals surface area contributed by atoms with Gasteiger partial charge in [-0.25, -0.2) is 13.2 Å². The van der Waals surface area contributed by atoms with E-state index in [0.29, 0.717) is 0 Å². The molecule has 0 heterocycles. The van der Waals surface area contributed by atoms with Crippen molar-refractivity contribution in [2.24, 2.45) is 5.92 Å². The van der Waals surface area contributed by atoms with Crippen molar-refractivity contribution >= 4 is 21.7 Å². The first-order chi connectivity index (χ1) is 8.18. The molecule has 6 nitrogen and oxygen atoms in total. The van der Waals surface area contributed by atoms with E-state index in [-0.39, 0.29) is 11.7 Å². The molecule has 0 bridgehead atoms. The Morgan fingerprint density at radius 3 is 2.22 bits per heavy atom. The first kappa shape index (κ1) is 16.9. The number of carbonyl (C=O) groups is 2. The third kappa shape index (κ3) is 7.26. The van der Waals surface area contributed by atoms with Gasteiger partial charge in [-0.2, -0.15) is 0 Å². The molecule has 0 rings (SSSR count). The average molecular weight is 279 g/mol. The van der Waals surface area contributed by atoms with Gasteiger partial charge in [-0.05, 0) is 5.92 Å². The molecule has 0 radical (unpaired) electrons. The fourth-order valence-corrected chi connectivity index (χ4v) is 3.66. The van der Waals surface area contributed by atoms with Gasteiger partial charge in [-0.1, -0.05) is 26.7 Å². The van der Waals surface area contributed by atoms with Crippen LogP contribution in [-0.4, -0.2) is 42.9 Å². The van der Waals surface area contributed by atoms with Gasteiger partial charge in [-0.15, -0.1) is 0 Å². The van der Waals surface area contributed by atoms with Crippen molar-refractivity contribution in [3.8, 4) is 0 Å². The second-order valence-electron chi connectivity index (χ2n) is 4.56. The molecule has 2 atom stereocenters. The molecule has 0 fully saturated rings. The summed E-state index contributed by atoms with van der Waals surface area (Å²) in [6, 6.07) is -1.37. The predicted octanol–water partition coefficient (Wildman–Crippen LogP) is 0.427. The molecule has 0 aliphatic rings. The molecule has 0 saturated carbocycles. The number of carboxylic acids is 1. The van der Waals surface area contributed by atoms with Crippen molar-refractivity contribution in [1.82, 2.24) is 5.32 Å². The number of amides is 1. The highest BCUT2D eigenvalue weighted by molar-refractivity contribution is 7.91. The van der Waals surface area contributed by atoms with Crippen LogP contribution in [0.3, 0.4) is 0 Å². The van der Waals surface area contributed by atoms with Crippen molar-refractivity contribution < 1.29 is 23.1 Å². The first-order valence-corrected chi connectivity index (χ1v) is 7.70. The average Bonchev–Trinajstić information content (AvgIpc) is 2.14. The van der Waals surface area contributed by atoms with Crippen LogP contribution in [0.4, 0.5) is 0 Å². The number of carbonyl (C=O) groups excluding carboxylic acids is 1. The predicted molar refractivity (Wildman–Crippen MR) is 68.0 cm³/mol. The maximum Gasteiger partial charge on any atom is 0.327 e. The number of hydrogen-bond donors (Lipinski definition) is 2. The number of rotatable bonds is 8. The fourth-order valence-electron chi connectivity index (χ4n) is 1.75. The fraction of sp³-hybridized carbons (Fsp3) is 0.818. The molecule has 2 N–H and O–H groups in total. The van der Waals surface area contributed by atoms with E-state index in [0.717, 1.165) is 19.8 Å². The standard InChI is InChI=1S/C11H21NO5S/c1-4-5-8(2)6-18(16,17)7-10(11(14)15)12-9(3)13/h8,10H,4-7H2,1-3H3,(H,12,13)(H,14,15)/t8?,10-/m0/s1. The molecule has 18 heavy (non-hydrogen) atoms. The lowest BCUT2D eigenvalue weighted by molar-refractivity contribution is -0.140. The zero-order valence-corrected chi connectivity index (χ0v) is 11.8. The van der Waals surface area contributed by atoms with Gasteiger partial charge in [0.2, 0.25) is 5.91 Å². The first-order valence-electron chi connectivity index (χ1n) is 5.88. The zero-order chi connectivity index (χ0) is 14.3. The molecule has 0 aliphatic heterocycles. The molecule has 0 aromatic heterocycles. The summed E-state index contributed by atoms with van der Waals surface area (Å²) in [5, 5.41) is 11.0. The van der Waals surface area contributed by atoms with Crippen LogP contribution in [-0.2, 0) is 19.4 Å². The van der Waals surface area contributed by atoms with Crippen LogP contribution in [0, 0.1) is 5.92 Å². The minimum Gasteiger partial charge on any atom is -0.480 e. The van der Waals surface area contributed by atoms with E-state index in [1.807, 2.05) is 13.8 Å². The summed E-state index contributed by atoms with van der Waals surface area (Å²) in [6.07, 6.45) is 1.65. The molecular formula is C11H21NO5S. The Hall–Kier alpha value is -1.11. The normalized spacial score (nSPS) is 14.8. The van der Waals surface area contributed by atoms with Crippen molar-refractivity contribution in [1.29, 1.82) is 0 Å². The summed E-state index contributed by atoms with van der Waals surface area (Å²) in [6.45, 7) is 4.93. The van der Waals surface area contributed by atoms with Crippen molar-refractivity contribution in [2.45, 2.75) is 39.7 Å². The van der Waals surface area contributed by atoms with Gasteiger partial charge in [0, 0.05) is 6.92 Å². The molecular weight excluding hydrogens is 258 g/mol. The van der Waals surface area contributed by atoms with Crippen LogP contribution in [0.1, 0.15) is 33.6 Å². The van der Waals surface area contributed by atoms with E-state index >= 15 is 0 Å². The molecule has 0 spiro atoms. The van der Waals surface area contributed by atoms with Crippen LogP contribution in [0.15, 0.2) is 0 Å². The number of nitrogens with one attached hydrogen (secondary N) is 1. The third-order valence-corrected chi connectivity index (χ3v) is 4.33. The quantitative estimate of drug-likeness (QED) is 0.671. The maximum atomic E-state index is 11.8. The van der Waals surface area contributed by atoms with Crippen molar-refractivity contribution in [3.05, 3.63) is 0 Å². The summed E-state index contributed by atoms with van der Waals surface area (Å²) in [5.74, 6) is -2.51. The van der Waals surface area contributed by atoms with Crippen molar-refractivity contribution in [3.63, 3.8) is 0 Å². The van der Waals surface area contributed by atoms with Crippen LogP contribution >= 0.6 is 0 Å². The smallest absolute Gasteiger partial charge is 0.327 e. The zero-order valence-electron chi connectivity index (χ0n) is 11.0. The van der Waals surface area contributed by atoms with Gasteiger partial charge in [0.1, 0.15) is 6.04 Å². The molecule has 1 unspecified atom stereocenters. The summed E-state index contributed by atoms with van der Waals surface area (Å²) >= 11 is 0. The summed E-state index contributed by atoms with van der Waals surface area (Å²) < 4.78 is 23.6. The molecule has 0 saturated heterocycles. The highest BCUT2D eigenvalue weighted by Crippen LogP contribution is 2.10. The van der Waals surface area contributed by atoms with E-state index in [4.69, 9.17) is 5.11 Å². The Labute approximate surface area is 108 Å². The SMILES string of the molecule is CCCC(C)CS(=O)(=O)C[C@H](NC(C)=O)C(=O)O. The minimum absolute atomic E-state index is 0.00762. The second kappa shape index (κ2) is 7.35. The van der Waals surface area contributed by atoms with Gasteiger partial charge < -0.3 is 10.4 Å². The van der Waals surface area contributed by atoms with Gasteiger partial charge in [0.15, 0.2) is 9.84 Å². The minimum atomic E-state index is -3.49. The Morgan fingerprint density at radius 2 is 1.83 bits per heavy atom. The monoisotopic (exact) mass is 279 g/mol. The molecule has 1 amide bonds. The van der Waals surface area contributed by atoms with E-state index in [9.17, 15) is 18.0 Å². The van der Waals surface area contributed by atoms with Crippen LogP contribution in [0.5, 0.6) is 0 Å². The van der Waals surface area contributed by atoms with Crippen LogP contribution < -0.4 is 5.32 Å². The highest BCUT2D eigenvalue weighted by atomic mass is 32.2. The van der Waals surface area contributed by atoms with E-state index in [1.54, 1.807) is 0 Å². The lowest BCUT2D eigenvalue weighted by Gasteiger charge is -2.15. The summed E-state index contributed by atoms with van der Waals surface area (Å²) in [5.41, 5.74) is 0. The number of hydrogen-bond acceptors (Lipinski definition) is 4. The van der Waals surface area contributed by atoms with Gasteiger partial charge in [-0.3, -0.25) is 4.79 Å². The van der Waals surface area contributed by atoms with Crippen LogP contribution in [0.2, 0.25) is 0 Å². The Kier molecular flexibility index (Phi) is 6.90. The molecule has 0 aliphatic carbocycles. The van der Waals surface area contributed by atoms with Crippen LogP contribution in [0.25, 0.3) is 0 Å². The van der Waals surface area contributed by atoms with Gasteiger partial charge >= 0.3 is 5.97 Å². The maximum absolute atomic E-state index is 11.8. The van der Waals surface area contributed by atoms with Crippen molar-refractivity contribution in [2.75, 3.05) is 11.5 Å². The third-order valence-electron chi connectivity index (χ3n) is 2.42. The second-order valence-corrected chi connectivity index (χ2v) is 6.72. The number of carboxylic acid groups (broad SMARTS) is 1. The summed E-state index contributed by atoms with van der Waals surface area (Å²) in [4.78, 5) is 21.6. The van der Waals surface area contributed by atoms with E-state index in [2.05, 4.69) is 5.32 Å². The van der Waals surface area contributed by atoms with Gasteiger partial charge in [0.05, 0.1) is 11.5 Å². The molecule has 106 valence electrons. The number of aliphatic carboxylic acids is 1. The van der Waals surface area contributed by atoms with Gasteiger partial charge in [0.25, 0.3) is 0 Å². The highest BCUT2D eigenvalue weighted by Gasteiger charge is 2.26. The largest absolute Gasteiger partial charge is 0.480 e. The lowest BCUT2D eigenvalue weighted by Crippen LogP contribution is -2.45. The Morgan fingerprint density at radius 1 is 1.28 bits per heavy atom. The molecule has 0 aromatic rings. The van der Waals surface area contributed by atoms with E-state index < -0.39 is 33.5 Å².